The number of para-hydroxylation sites is 1. The normalized spacial score (nSPS) is 10.7. The van der Waals surface area contributed by atoms with Gasteiger partial charge in [0.25, 0.3) is 0 Å². The van der Waals surface area contributed by atoms with Crippen molar-refractivity contribution in [3.05, 3.63) is 59.7 Å². The fourth-order valence-corrected chi connectivity index (χ4v) is 2.20. The SMILES string of the molecule is CCc1ccccc1CNc1nnc2ccccc2n1. The Morgan fingerprint density at radius 3 is 2.35 bits per heavy atom. The molecule has 1 heterocycles. The van der Waals surface area contributed by atoms with E-state index in [1.807, 2.05) is 24.3 Å². The van der Waals surface area contributed by atoms with E-state index in [0.29, 0.717) is 12.5 Å². The Hall–Kier alpha value is -2.49. The lowest BCUT2D eigenvalue weighted by molar-refractivity contribution is 0.969. The third-order valence-electron chi connectivity index (χ3n) is 3.30. The van der Waals surface area contributed by atoms with E-state index in [-0.39, 0.29) is 0 Å². The van der Waals surface area contributed by atoms with Gasteiger partial charge in [0.05, 0.1) is 5.52 Å². The highest BCUT2D eigenvalue weighted by molar-refractivity contribution is 5.74. The second-order valence-corrected chi connectivity index (χ2v) is 4.60. The summed E-state index contributed by atoms with van der Waals surface area (Å²) >= 11 is 0. The molecule has 100 valence electrons. The molecule has 4 heteroatoms. The molecule has 20 heavy (non-hydrogen) atoms. The Kier molecular flexibility index (Phi) is 3.54. The van der Waals surface area contributed by atoms with E-state index in [9.17, 15) is 0 Å². The maximum absolute atomic E-state index is 4.46. The highest BCUT2D eigenvalue weighted by atomic mass is 15.2. The van der Waals surface area contributed by atoms with Crippen molar-refractivity contribution >= 4 is 17.0 Å². The topological polar surface area (TPSA) is 50.7 Å². The maximum atomic E-state index is 4.46. The minimum absolute atomic E-state index is 0.564. The molecule has 0 amide bonds. The van der Waals surface area contributed by atoms with Crippen LogP contribution >= 0.6 is 0 Å². The summed E-state index contributed by atoms with van der Waals surface area (Å²) in [6, 6.07) is 16.1. The van der Waals surface area contributed by atoms with Crippen LogP contribution in [0.4, 0.5) is 5.95 Å². The molecule has 0 bridgehead atoms. The lowest BCUT2D eigenvalue weighted by Crippen LogP contribution is -2.06. The van der Waals surface area contributed by atoms with Crippen molar-refractivity contribution in [1.82, 2.24) is 15.2 Å². The van der Waals surface area contributed by atoms with Gasteiger partial charge >= 0.3 is 0 Å². The van der Waals surface area contributed by atoms with Crippen molar-refractivity contribution in [1.29, 1.82) is 0 Å². The van der Waals surface area contributed by atoms with Gasteiger partial charge in [-0.1, -0.05) is 43.3 Å². The number of benzene rings is 2. The molecule has 0 spiro atoms. The molecule has 1 aromatic heterocycles. The smallest absolute Gasteiger partial charge is 0.243 e. The number of nitrogens with one attached hydrogen (secondary N) is 1. The van der Waals surface area contributed by atoms with E-state index in [1.54, 1.807) is 0 Å². The van der Waals surface area contributed by atoms with Gasteiger partial charge in [0.2, 0.25) is 5.95 Å². The summed E-state index contributed by atoms with van der Waals surface area (Å²) in [6.07, 6.45) is 1.02. The zero-order chi connectivity index (χ0) is 13.8. The first-order chi connectivity index (χ1) is 9.86. The van der Waals surface area contributed by atoms with Gasteiger partial charge in [0, 0.05) is 6.54 Å². The molecule has 0 unspecified atom stereocenters. The van der Waals surface area contributed by atoms with E-state index < -0.39 is 0 Å². The van der Waals surface area contributed by atoms with Gasteiger partial charge in [-0.2, -0.15) is 0 Å². The summed E-state index contributed by atoms with van der Waals surface area (Å²) in [5, 5.41) is 11.5. The molecule has 0 aliphatic carbocycles. The van der Waals surface area contributed by atoms with Crippen LogP contribution in [-0.4, -0.2) is 15.2 Å². The first-order valence-corrected chi connectivity index (χ1v) is 6.77. The molecule has 3 aromatic rings. The molecule has 0 atom stereocenters. The van der Waals surface area contributed by atoms with E-state index in [2.05, 4.69) is 51.7 Å². The number of aromatic nitrogens is 3. The van der Waals surface area contributed by atoms with Crippen molar-refractivity contribution in [2.75, 3.05) is 5.32 Å². The Morgan fingerprint density at radius 2 is 1.55 bits per heavy atom. The molecular weight excluding hydrogens is 248 g/mol. The number of nitrogens with zero attached hydrogens (tertiary/aromatic N) is 3. The Bertz CT molecular complexity index is 724. The van der Waals surface area contributed by atoms with Crippen LogP contribution in [0.15, 0.2) is 48.5 Å². The van der Waals surface area contributed by atoms with Crippen LogP contribution in [0.3, 0.4) is 0 Å². The number of aryl methyl sites for hydroxylation is 1. The summed E-state index contributed by atoms with van der Waals surface area (Å²) in [6.45, 7) is 2.87. The van der Waals surface area contributed by atoms with E-state index in [0.717, 1.165) is 17.5 Å². The monoisotopic (exact) mass is 264 g/mol. The molecule has 0 aliphatic rings. The van der Waals surface area contributed by atoms with Crippen molar-refractivity contribution in [3.8, 4) is 0 Å². The highest BCUT2D eigenvalue weighted by Crippen LogP contribution is 2.12. The Balaban J connectivity index is 1.79. The zero-order valence-electron chi connectivity index (χ0n) is 11.4. The second kappa shape index (κ2) is 5.65. The van der Waals surface area contributed by atoms with E-state index >= 15 is 0 Å². The van der Waals surface area contributed by atoms with Gasteiger partial charge in [-0.15, -0.1) is 10.2 Å². The first kappa shape index (κ1) is 12.5. The Labute approximate surface area is 117 Å². The van der Waals surface area contributed by atoms with Gasteiger partial charge in [0.1, 0.15) is 5.52 Å². The van der Waals surface area contributed by atoms with Gasteiger partial charge < -0.3 is 5.32 Å². The number of hydrogen-bond donors (Lipinski definition) is 1. The third-order valence-corrected chi connectivity index (χ3v) is 3.30. The molecule has 0 aliphatic heterocycles. The number of hydrogen-bond acceptors (Lipinski definition) is 4. The van der Waals surface area contributed by atoms with Gasteiger partial charge in [-0.3, -0.25) is 0 Å². The summed E-state index contributed by atoms with van der Waals surface area (Å²) in [7, 11) is 0. The number of anilines is 1. The van der Waals surface area contributed by atoms with Crippen LogP contribution in [0.25, 0.3) is 11.0 Å². The highest BCUT2D eigenvalue weighted by Gasteiger charge is 2.03. The summed E-state index contributed by atoms with van der Waals surface area (Å²) in [4.78, 5) is 4.46. The molecule has 0 radical (unpaired) electrons. The van der Waals surface area contributed by atoms with Crippen molar-refractivity contribution in [2.45, 2.75) is 19.9 Å². The van der Waals surface area contributed by atoms with E-state index in [4.69, 9.17) is 0 Å². The first-order valence-electron chi connectivity index (χ1n) is 6.77. The fraction of sp³-hybridized carbons (Fsp3) is 0.188. The molecule has 4 nitrogen and oxygen atoms in total. The van der Waals surface area contributed by atoms with Gasteiger partial charge in [-0.05, 0) is 29.7 Å². The van der Waals surface area contributed by atoms with Gasteiger partial charge in [0.15, 0.2) is 0 Å². The maximum Gasteiger partial charge on any atom is 0.243 e. The quantitative estimate of drug-likeness (QED) is 0.786. The zero-order valence-corrected chi connectivity index (χ0v) is 11.4. The van der Waals surface area contributed by atoms with Crippen LogP contribution in [0.2, 0.25) is 0 Å². The summed E-state index contributed by atoms with van der Waals surface area (Å²) in [5.74, 6) is 0.564. The van der Waals surface area contributed by atoms with Crippen LogP contribution in [0.1, 0.15) is 18.1 Å². The molecule has 1 N–H and O–H groups in total. The summed E-state index contributed by atoms with van der Waals surface area (Å²) in [5.41, 5.74) is 4.28. The minimum Gasteiger partial charge on any atom is -0.349 e. The number of rotatable bonds is 4. The van der Waals surface area contributed by atoms with Crippen molar-refractivity contribution in [3.63, 3.8) is 0 Å². The second-order valence-electron chi connectivity index (χ2n) is 4.60. The molecule has 0 saturated heterocycles. The predicted octanol–water partition coefficient (Wildman–Crippen LogP) is 3.20. The predicted molar refractivity (Wildman–Crippen MR) is 80.5 cm³/mol. The van der Waals surface area contributed by atoms with Crippen LogP contribution < -0.4 is 5.32 Å². The van der Waals surface area contributed by atoms with Gasteiger partial charge in [-0.25, -0.2) is 4.98 Å². The largest absolute Gasteiger partial charge is 0.349 e. The summed E-state index contributed by atoms with van der Waals surface area (Å²) < 4.78 is 0. The lowest BCUT2D eigenvalue weighted by Gasteiger charge is -2.09. The van der Waals surface area contributed by atoms with E-state index in [1.165, 1.54) is 11.1 Å². The molecule has 0 saturated carbocycles. The van der Waals surface area contributed by atoms with Crippen LogP contribution in [0, 0.1) is 0 Å². The minimum atomic E-state index is 0.564. The van der Waals surface area contributed by atoms with Crippen molar-refractivity contribution < 1.29 is 0 Å². The third kappa shape index (κ3) is 2.59. The number of fused-ring (bicyclic) bond motifs is 1. The standard InChI is InChI=1S/C16H16N4/c1-2-12-7-3-4-8-13(12)11-17-16-18-14-9-5-6-10-15(14)19-20-16/h3-10H,2,11H2,1H3,(H,17,18,20). The Morgan fingerprint density at radius 1 is 0.850 bits per heavy atom. The molecule has 0 fully saturated rings. The fourth-order valence-electron chi connectivity index (χ4n) is 2.20. The van der Waals surface area contributed by atoms with Crippen LogP contribution in [0.5, 0.6) is 0 Å². The van der Waals surface area contributed by atoms with Crippen molar-refractivity contribution in [2.24, 2.45) is 0 Å². The molecule has 2 aromatic carbocycles. The average molecular weight is 264 g/mol. The average Bonchev–Trinajstić information content (AvgIpc) is 2.53. The molecule has 3 rings (SSSR count). The molecular formula is C16H16N4. The lowest BCUT2D eigenvalue weighted by atomic mass is 10.1. The van der Waals surface area contributed by atoms with Crippen LogP contribution in [-0.2, 0) is 13.0 Å².